The van der Waals surface area contributed by atoms with Gasteiger partial charge < -0.3 is 15.4 Å². The zero-order valence-corrected chi connectivity index (χ0v) is 18.3. The SMILES string of the molecule is COc1cccc(C(=O)N2CCCC(Cc3ccccc3-c3ccccc3)(C(N)=O)C2)c1. The number of nitrogens with two attached hydrogens (primary N) is 1. The lowest BCUT2D eigenvalue weighted by molar-refractivity contribution is -0.130. The Morgan fingerprint density at radius 3 is 2.50 bits per heavy atom. The average molecular weight is 429 g/mol. The molecule has 2 amide bonds. The van der Waals surface area contributed by atoms with Crippen molar-refractivity contribution in [1.82, 2.24) is 4.90 Å². The molecule has 1 saturated heterocycles. The number of carbonyl (C=O) groups excluding carboxylic acids is 2. The fourth-order valence-corrected chi connectivity index (χ4v) is 4.61. The lowest BCUT2D eigenvalue weighted by Crippen LogP contribution is -2.53. The molecule has 0 radical (unpaired) electrons. The lowest BCUT2D eigenvalue weighted by Gasteiger charge is -2.41. The second kappa shape index (κ2) is 9.27. The largest absolute Gasteiger partial charge is 0.497 e. The van der Waals surface area contributed by atoms with E-state index in [2.05, 4.69) is 24.3 Å². The van der Waals surface area contributed by atoms with Crippen LogP contribution in [0, 0.1) is 5.41 Å². The van der Waals surface area contributed by atoms with Crippen molar-refractivity contribution in [2.24, 2.45) is 11.1 Å². The Hall–Kier alpha value is -3.60. The summed E-state index contributed by atoms with van der Waals surface area (Å²) in [7, 11) is 1.58. The maximum Gasteiger partial charge on any atom is 0.254 e. The van der Waals surface area contributed by atoms with Crippen molar-refractivity contribution in [2.75, 3.05) is 20.2 Å². The first-order valence-electron chi connectivity index (χ1n) is 10.9. The van der Waals surface area contributed by atoms with E-state index in [-0.39, 0.29) is 11.8 Å². The van der Waals surface area contributed by atoms with Crippen LogP contribution in [0.3, 0.4) is 0 Å². The van der Waals surface area contributed by atoms with Gasteiger partial charge in [0, 0.05) is 18.7 Å². The highest BCUT2D eigenvalue weighted by Crippen LogP contribution is 2.37. The predicted molar refractivity (Wildman–Crippen MR) is 125 cm³/mol. The summed E-state index contributed by atoms with van der Waals surface area (Å²) in [6, 6.07) is 25.3. The van der Waals surface area contributed by atoms with E-state index in [4.69, 9.17) is 10.5 Å². The number of ether oxygens (including phenoxy) is 1. The molecule has 0 bridgehead atoms. The number of piperidine rings is 1. The molecule has 4 rings (SSSR count). The van der Waals surface area contributed by atoms with E-state index < -0.39 is 5.41 Å². The summed E-state index contributed by atoms with van der Waals surface area (Å²) < 4.78 is 5.26. The number of rotatable bonds is 6. The zero-order chi connectivity index (χ0) is 22.6. The Labute approximate surface area is 188 Å². The average Bonchev–Trinajstić information content (AvgIpc) is 2.84. The Kier molecular flexibility index (Phi) is 6.26. The Bertz CT molecular complexity index is 1110. The zero-order valence-electron chi connectivity index (χ0n) is 18.3. The molecule has 32 heavy (non-hydrogen) atoms. The minimum absolute atomic E-state index is 0.106. The number of primary amides is 1. The van der Waals surface area contributed by atoms with Crippen LogP contribution < -0.4 is 10.5 Å². The molecule has 5 nitrogen and oxygen atoms in total. The number of methoxy groups -OCH3 is 1. The first-order chi connectivity index (χ1) is 15.5. The van der Waals surface area contributed by atoms with Crippen molar-refractivity contribution >= 4 is 11.8 Å². The minimum atomic E-state index is -0.808. The molecule has 3 aromatic rings. The van der Waals surface area contributed by atoms with Crippen molar-refractivity contribution in [1.29, 1.82) is 0 Å². The molecule has 5 heteroatoms. The van der Waals surface area contributed by atoms with Crippen LogP contribution in [0.25, 0.3) is 11.1 Å². The van der Waals surface area contributed by atoms with E-state index in [0.29, 0.717) is 37.2 Å². The topological polar surface area (TPSA) is 72.6 Å². The normalized spacial score (nSPS) is 18.2. The summed E-state index contributed by atoms with van der Waals surface area (Å²) in [6.45, 7) is 0.910. The van der Waals surface area contributed by atoms with Crippen molar-refractivity contribution in [2.45, 2.75) is 19.3 Å². The van der Waals surface area contributed by atoms with Gasteiger partial charge in [-0.1, -0.05) is 60.7 Å². The van der Waals surface area contributed by atoms with Gasteiger partial charge in [0.25, 0.3) is 5.91 Å². The van der Waals surface area contributed by atoms with Gasteiger partial charge in [0.15, 0.2) is 0 Å². The van der Waals surface area contributed by atoms with Gasteiger partial charge in [0.1, 0.15) is 5.75 Å². The second-order valence-electron chi connectivity index (χ2n) is 8.41. The maximum atomic E-state index is 13.2. The number of benzene rings is 3. The van der Waals surface area contributed by atoms with Crippen LogP contribution in [0.4, 0.5) is 0 Å². The first-order valence-corrected chi connectivity index (χ1v) is 10.9. The quantitative estimate of drug-likeness (QED) is 0.636. The molecule has 0 aliphatic carbocycles. The van der Waals surface area contributed by atoms with E-state index >= 15 is 0 Å². The molecule has 2 N–H and O–H groups in total. The van der Waals surface area contributed by atoms with Gasteiger partial charge in [-0.15, -0.1) is 0 Å². The molecule has 1 fully saturated rings. The second-order valence-corrected chi connectivity index (χ2v) is 8.41. The molecule has 1 aliphatic rings. The van der Waals surface area contributed by atoms with Crippen molar-refractivity contribution in [3.05, 3.63) is 90.0 Å². The van der Waals surface area contributed by atoms with Crippen LogP contribution in [0.1, 0.15) is 28.8 Å². The third-order valence-electron chi connectivity index (χ3n) is 6.33. The van der Waals surface area contributed by atoms with Gasteiger partial charge in [0.2, 0.25) is 5.91 Å². The standard InChI is InChI=1S/C27H28N2O3/c1-32-23-13-7-12-21(17-23)25(30)29-16-8-15-27(19-29,26(28)31)18-22-11-5-6-14-24(22)20-9-3-2-4-10-20/h2-7,9-14,17H,8,15-16,18-19H2,1H3,(H2,28,31). The van der Waals surface area contributed by atoms with Crippen LogP contribution in [0.5, 0.6) is 5.75 Å². The molecule has 1 aliphatic heterocycles. The van der Waals surface area contributed by atoms with Crippen LogP contribution in [-0.2, 0) is 11.2 Å². The Morgan fingerprint density at radius 2 is 1.75 bits per heavy atom. The van der Waals surface area contributed by atoms with Crippen LogP contribution in [-0.4, -0.2) is 36.9 Å². The van der Waals surface area contributed by atoms with Crippen LogP contribution in [0.15, 0.2) is 78.9 Å². The monoisotopic (exact) mass is 428 g/mol. The van der Waals surface area contributed by atoms with E-state index in [1.54, 1.807) is 36.3 Å². The molecular formula is C27H28N2O3. The summed E-state index contributed by atoms with van der Waals surface area (Å²) in [6.07, 6.45) is 1.88. The van der Waals surface area contributed by atoms with Gasteiger partial charge in [-0.2, -0.15) is 0 Å². The highest BCUT2D eigenvalue weighted by molar-refractivity contribution is 5.95. The van der Waals surface area contributed by atoms with Gasteiger partial charge in [-0.05, 0) is 54.2 Å². The molecule has 1 atom stereocenters. The van der Waals surface area contributed by atoms with Gasteiger partial charge >= 0.3 is 0 Å². The number of likely N-dealkylation sites (tertiary alicyclic amines) is 1. The van der Waals surface area contributed by atoms with Crippen molar-refractivity contribution in [3.63, 3.8) is 0 Å². The fourth-order valence-electron chi connectivity index (χ4n) is 4.61. The molecule has 3 aromatic carbocycles. The van der Waals surface area contributed by atoms with E-state index in [9.17, 15) is 9.59 Å². The summed E-state index contributed by atoms with van der Waals surface area (Å²) >= 11 is 0. The molecule has 0 spiro atoms. The number of nitrogens with zero attached hydrogens (tertiary/aromatic N) is 1. The molecule has 0 saturated carbocycles. The van der Waals surface area contributed by atoms with E-state index in [1.165, 1.54) is 0 Å². The summed E-state index contributed by atoms with van der Waals surface area (Å²) in [5.41, 5.74) is 8.98. The number of carbonyl (C=O) groups is 2. The third kappa shape index (κ3) is 4.37. The third-order valence-corrected chi connectivity index (χ3v) is 6.33. The fraction of sp³-hybridized carbons (Fsp3) is 0.259. The maximum absolute atomic E-state index is 13.2. The number of hydrogen-bond acceptors (Lipinski definition) is 3. The predicted octanol–water partition coefficient (Wildman–Crippen LogP) is 4.31. The van der Waals surface area contributed by atoms with Crippen molar-refractivity contribution < 1.29 is 14.3 Å². The summed E-state index contributed by atoms with van der Waals surface area (Å²) in [4.78, 5) is 27.8. The Morgan fingerprint density at radius 1 is 1.00 bits per heavy atom. The van der Waals surface area contributed by atoms with Gasteiger partial charge in [-0.25, -0.2) is 0 Å². The summed E-state index contributed by atoms with van der Waals surface area (Å²) in [5.74, 6) is 0.167. The van der Waals surface area contributed by atoms with E-state index in [1.807, 2.05) is 30.3 Å². The molecule has 0 aromatic heterocycles. The van der Waals surface area contributed by atoms with E-state index in [0.717, 1.165) is 23.1 Å². The number of amides is 2. The highest BCUT2D eigenvalue weighted by atomic mass is 16.5. The highest BCUT2D eigenvalue weighted by Gasteiger charge is 2.42. The number of hydrogen-bond donors (Lipinski definition) is 1. The molecule has 1 heterocycles. The smallest absolute Gasteiger partial charge is 0.254 e. The van der Waals surface area contributed by atoms with Crippen LogP contribution >= 0.6 is 0 Å². The van der Waals surface area contributed by atoms with Gasteiger partial charge in [-0.3, -0.25) is 9.59 Å². The first kappa shape index (κ1) is 21.6. The minimum Gasteiger partial charge on any atom is -0.497 e. The summed E-state index contributed by atoms with van der Waals surface area (Å²) in [5, 5.41) is 0. The molecule has 1 unspecified atom stereocenters. The van der Waals surface area contributed by atoms with Crippen LogP contribution in [0.2, 0.25) is 0 Å². The molecule has 164 valence electrons. The lowest BCUT2D eigenvalue weighted by atomic mass is 9.73. The molecular weight excluding hydrogens is 400 g/mol. The van der Waals surface area contributed by atoms with Gasteiger partial charge in [0.05, 0.1) is 12.5 Å². The van der Waals surface area contributed by atoms with Crippen molar-refractivity contribution in [3.8, 4) is 16.9 Å². The Balaban J connectivity index is 1.63.